The van der Waals surface area contributed by atoms with Gasteiger partial charge in [-0.05, 0) is 54.1 Å². The summed E-state index contributed by atoms with van der Waals surface area (Å²) in [5.74, 6) is 1.00. The van der Waals surface area contributed by atoms with E-state index >= 15 is 0 Å². The molecule has 3 nitrogen and oxygen atoms in total. The molecule has 1 N–H and O–H groups in total. The molecule has 0 spiro atoms. The average Bonchev–Trinajstić information content (AvgIpc) is 2.91. The molecule has 116 valence electrons. The van der Waals surface area contributed by atoms with E-state index in [-0.39, 0.29) is 17.1 Å². The number of ketones is 1. The van der Waals surface area contributed by atoms with Crippen molar-refractivity contribution >= 4 is 11.7 Å². The average molecular weight is 297 g/mol. The second-order valence-corrected chi connectivity index (χ2v) is 7.81. The lowest BCUT2D eigenvalue weighted by Gasteiger charge is -2.34. The van der Waals surface area contributed by atoms with Gasteiger partial charge in [-0.3, -0.25) is 9.59 Å². The number of hydrogen-bond acceptors (Lipinski definition) is 2. The number of carbonyl (C=O) groups excluding carboxylic acids is 2. The first-order valence-corrected chi connectivity index (χ1v) is 8.45. The molecule has 0 bridgehead atoms. The molecule has 0 aromatic rings. The van der Waals surface area contributed by atoms with Gasteiger partial charge in [-0.15, -0.1) is 0 Å². The molecular weight excluding hydrogens is 274 g/mol. The van der Waals surface area contributed by atoms with E-state index in [1.807, 2.05) is 0 Å². The van der Waals surface area contributed by atoms with E-state index in [4.69, 9.17) is 0 Å². The predicted octanol–water partition coefficient (Wildman–Crippen LogP) is 3.43. The molecule has 4 aliphatic rings. The molecule has 4 rings (SSSR count). The van der Waals surface area contributed by atoms with Crippen molar-refractivity contribution in [3.8, 4) is 0 Å². The van der Waals surface area contributed by atoms with Crippen LogP contribution in [0.15, 0.2) is 34.1 Å². The summed E-state index contributed by atoms with van der Waals surface area (Å²) in [5, 5.41) is 3.06. The van der Waals surface area contributed by atoms with Crippen molar-refractivity contribution in [3.05, 3.63) is 34.1 Å². The lowest BCUT2D eigenvalue weighted by atomic mass is 9.69. The fourth-order valence-corrected chi connectivity index (χ4v) is 4.82. The number of carbonyl (C=O) groups is 2. The van der Waals surface area contributed by atoms with Gasteiger partial charge in [-0.25, -0.2) is 0 Å². The van der Waals surface area contributed by atoms with Crippen LogP contribution >= 0.6 is 0 Å². The molecule has 0 saturated heterocycles. The Morgan fingerprint density at radius 1 is 1.32 bits per heavy atom. The first kappa shape index (κ1) is 14.0. The Morgan fingerprint density at radius 3 is 2.82 bits per heavy atom. The third-order valence-electron chi connectivity index (χ3n) is 6.02. The molecule has 2 atom stereocenters. The first-order valence-electron chi connectivity index (χ1n) is 8.45. The zero-order valence-corrected chi connectivity index (χ0v) is 13.6. The van der Waals surface area contributed by atoms with Crippen LogP contribution in [0.2, 0.25) is 0 Å². The Balaban J connectivity index is 1.97. The van der Waals surface area contributed by atoms with E-state index in [0.717, 1.165) is 48.1 Å². The lowest BCUT2D eigenvalue weighted by molar-refractivity contribution is -0.116. The standard InChI is InChI=1S/C19H23NO2/c1-10(2)13-9-14(21)15-11(13)6-8-19(3)7-4-5-12-16(19)17(15)20-18(12)22/h6,10,13H,4-5,7-9H2,1-3H3,(H,20,22)/t13-,19+/m1/s1. The maximum atomic E-state index is 12.7. The molecular formula is C19H23NO2. The van der Waals surface area contributed by atoms with Gasteiger partial charge in [-0.1, -0.05) is 26.8 Å². The van der Waals surface area contributed by atoms with Crippen LogP contribution in [-0.4, -0.2) is 11.7 Å². The summed E-state index contributed by atoms with van der Waals surface area (Å²) in [6.45, 7) is 6.63. The summed E-state index contributed by atoms with van der Waals surface area (Å²) >= 11 is 0. The molecule has 1 amide bonds. The number of nitrogens with one attached hydrogen (secondary N) is 1. The third-order valence-corrected chi connectivity index (χ3v) is 6.02. The van der Waals surface area contributed by atoms with Crippen LogP contribution in [0, 0.1) is 17.3 Å². The van der Waals surface area contributed by atoms with E-state index in [1.54, 1.807) is 0 Å². The van der Waals surface area contributed by atoms with Crippen LogP contribution in [-0.2, 0) is 9.59 Å². The highest BCUT2D eigenvalue weighted by molar-refractivity contribution is 6.09. The summed E-state index contributed by atoms with van der Waals surface area (Å²) in [6, 6.07) is 0. The van der Waals surface area contributed by atoms with Crippen molar-refractivity contribution in [2.24, 2.45) is 17.3 Å². The molecule has 1 aliphatic heterocycles. The fraction of sp³-hybridized carbons (Fsp3) is 0.579. The summed E-state index contributed by atoms with van der Waals surface area (Å²) in [4.78, 5) is 25.1. The van der Waals surface area contributed by atoms with Crippen molar-refractivity contribution in [1.82, 2.24) is 5.32 Å². The van der Waals surface area contributed by atoms with Gasteiger partial charge in [0, 0.05) is 17.6 Å². The van der Waals surface area contributed by atoms with Gasteiger partial charge in [0.25, 0.3) is 5.91 Å². The van der Waals surface area contributed by atoms with Gasteiger partial charge in [0.05, 0.1) is 5.70 Å². The van der Waals surface area contributed by atoms with Crippen LogP contribution in [0.1, 0.15) is 52.9 Å². The van der Waals surface area contributed by atoms with E-state index < -0.39 is 0 Å². The van der Waals surface area contributed by atoms with Crippen LogP contribution in [0.4, 0.5) is 0 Å². The topological polar surface area (TPSA) is 46.2 Å². The molecule has 0 aromatic carbocycles. The smallest absolute Gasteiger partial charge is 0.251 e. The molecule has 1 heterocycles. The Morgan fingerprint density at radius 2 is 2.09 bits per heavy atom. The van der Waals surface area contributed by atoms with E-state index in [9.17, 15) is 9.59 Å². The summed E-state index contributed by atoms with van der Waals surface area (Å²) in [6.07, 6.45) is 6.86. The highest BCUT2D eigenvalue weighted by Crippen LogP contribution is 2.54. The fourth-order valence-electron chi connectivity index (χ4n) is 4.82. The summed E-state index contributed by atoms with van der Waals surface area (Å²) in [7, 11) is 0. The molecule has 0 radical (unpaired) electrons. The number of fused-ring (bicyclic) bond motifs is 1. The Kier molecular flexibility index (Phi) is 2.82. The van der Waals surface area contributed by atoms with Crippen molar-refractivity contribution in [2.75, 3.05) is 0 Å². The van der Waals surface area contributed by atoms with Gasteiger partial charge >= 0.3 is 0 Å². The second-order valence-electron chi connectivity index (χ2n) is 7.81. The van der Waals surface area contributed by atoms with Crippen molar-refractivity contribution in [3.63, 3.8) is 0 Å². The number of Topliss-reactive ketones (excluding diaryl/α,β-unsaturated/α-hetero) is 1. The minimum absolute atomic E-state index is 0.00816. The lowest BCUT2D eigenvalue weighted by Crippen LogP contribution is -2.24. The van der Waals surface area contributed by atoms with Gasteiger partial charge in [0.15, 0.2) is 5.78 Å². The minimum Gasteiger partial charge on any atom is -0.321 e. The molecule has 3 aliphatic carbocycles. The van der Waals surface area contributed by atoms with Crippen molar-refractivity contribution in [1.29, 1.82) is 0 Å². The molecule has 1 saturated carbocycles. The predicted molar refractivity (Wildman–Crippen MR) is 84.8 cm³/mol. The molecule has 22 heavy (non-hydrogen) atoms. The number of allylic oxidation sites excluding steroid dienone is 4. The highest BCUT2D eigenvalue weighted by atomic mass is 16.2. The molecule has 3 heteroatoms. The van der Waals surface area contributed by atoms with E-state index in [1.165, 1.54) is 5.57 Å². The van der Waals surface area contributed by atoms with Gasteiger partial charge < -0.3 is 5.32 Å². The van der Waals surface area contributed by atoms with Crippen LogP contribution < -0.4 is 5.32 Å². The highest BCUT2D eigenvalue weighted by Gasteiger charge is 2.48. The third kappa shape index (κ3) is 1.68. The van der Waals surface area contributed by atoms with Crippen LogP contribution in [0.3, 0.4) is 0 Å². The Hall–Kier alpha value is -1.64. The van der Waals surface area contributed by atoms with Gasteiger partial charge in [0.2, 0.25) is 0 Å². The maximum absolute atomic E-state index is 12.7. The van der Waals surface area contributed by atoms with Crippen LogP contribution in [0.5, 0.6) is 0 Å². The largest absolute Gasteiger partial charge is 0.321 e. The number of hydrogen-bond donors (Lipinski definition) is 1. The summed E-state index contributed by atoms with van der Waals surface area (Å²) in [5.41, 5.74) is 4.98. The van der Waals surface area contributed by atoms with Crippen molar-refractivity contribution < 1.29 is 9.59 Å². The quantitative estimate of drug-likeness (QED) is 0.806. The van der Waals surface area contributed by atoms with E-state index in [2.05, 4.69) is 32.2 Å². The summed E-state index contributed by atoms with van der Waals surface area (Å²) < 4.78 is 0. The number of amides is 1. The monoisotopic (exact) mass is 297 g/mol. The first-order chi connectivity index (χ1) is 10.4. The Labute approximate surface area is 131 Å². The second kappa shape index (κ2) is 4.43. The van der Waals surface area contributed by atoms with Gasteiger partial charge in [0.1, 0.15) is 0 Å². The molecule has 0 aromatic heterocycles. The molecule has 0 unspecified atom stereocenters. The molecule has 1 fully saturated rings. The zero-order valence-electron chi connectivity index (χ0n) is 13.6. The number of rotatable bonds is 1. The van der Waals surface area contributed by atoms with E-state index in [0.29, 0.717) is 18.3 Å². The Bertz CT molecular complexity index is 692. The SMILES string of the molecule is CC(C)[C@H]1CC(=O)C2=C3NC(=O)C4=C3[C@](C)(CC=C21)CCC4. The normalized spacial score (nSPS) is 33.8. The minimum atomic E-state index is 0.00816. The zero-order chi connectivity index (χ0) is 15.6. The van der Waals surface area contributed by atoms with Gasteiger partial charge in [-0.2, -0.15) is 0 Å². The van der Waals surface area contributed by atoms with Crippen LogP contribution in [0.25, 0.3) is 0 Å². The van der Waals surface area contributed by atoms with Crippen molar-refractivity contribution in [2.45, 2.75) is 52.9 Å². The maximum Gasteiger partial charge on any atom is 0.251 e.